The minimum absolute atomic E-state index is 0.0000252. The molecule has 1 atom stereocenters. The van der Waals surface area contributed by atoms with Crippen LogP contribution in [0, 0.1) is 0 Å². The van der Waals surface area contributed by atoms with Crippen LogP contribution in [0.4, 0.5) is 10.7 Å². The molecular weight excluding hydrogens is 402 g/mol. The fourth-order valence-electron chi connectivity index (χ4n) is 2.01. The second-order valence-corrected chi connectivity index (χ2v) is 7.31. The Bertz CT molecular complexity index is 931. The van der Waals surface area contributed by atoms with Gasteiger partial charge in [0.05, 0.1) is 7.11 Å². The largest absolute Gasteiger partial charge is 0.481 e. The summed E-state index contributed by atoms with van der Waals surface area (Å²) in [7, 11) is -0.225. The summed E-state index contributed by atoms with van der Waals surface area (Å²) >= 11 is 5.82. The van der Waals surface area contributed by atoms with Gasteiger partial charge in [0.15, 0.2) is 0 Å². The average molecular weight is 418 g/mol. The first-order chi connectivity index (χ1) is 12.5. The van der Waals surface area contributed by atoms with Crippen LogP contribution in [0.5, 0.6) is 5.88 Å². The van der Waals surface area contributed by atoms with E-state index in [4.69, 9.17) is 21.5 Å². The van der Waals surface area contributed by atoms with E-state index in [9.17, 15) is 18.0 Å². The normalized spacial score (nSPS) is 16.6. The van der Waals surface area contributed by atoms with Gasteiger partial charge in [0.1, 0.15) is 10.9 Å². The van der Waals surface area contributed by atoms with Crippen LogP contribution in [0.25, 0.3) is 0 Å². The second kappa shape index (κ2) is 7.85. The summed E-state index contributed by atoms with van der Waals surface area (Å²) < 4.78 is 28.6. The van der Waals surface area contributed by atoms with Gasteiger partial charge in [0.25, 0.3) is 15.9 Å². The Labute approximate surface area is 159 Å². The number of hydrogen-bond donors (Lipinski definition) is 2. The van der Waals surface area contributed by atoms with E-state index in [0.29, 0.717) is 4.90 Å². The van der Waals surface area contributed by atoms with E-state index in [1.165, 1.54) is 27.3 Å². The molecule has 27 heavy (non-hydrogen) atoms. The van der Waals surface area contributed by atoms with E-state index >= 15 is 0 Å². The lowest BCUT2D eigenvalue weighted by Gasteiger charge is -2.32. The molecule has 0 saturated carbocycles. The zero-order valence-corrected chi connectivity index (χ0v) is 16.0. The number of halogens is 1. The summed E-state index contributed by atoms with van der Waals surface area (Å²) in [5, 5.41) is 7.46. The fourth-order valence-corrected chi connectivity index (χ4v) is 2.92. The predicted octanol–water partition coefficient (Wildman–Crippen LogP) is -0.399. The van der Waals surface area contributed by atoms with E-state index < -0.39 is 27.5 Å². The Balaban J connectivity index is 2.40. The van der Waals surface area contributed by atoms with Crippen molar-refractivity contribution in [3.05, 3.63) is 23.0 Å². The van der Waals surface area contributed by atoms with Crippen molar-refractivity contribution in [2.45, 2.75) is 5.50 Å². The van der Waals surface area contributed by atoms with Gasteiger partial charge in [-0.25, -0.2) is 23.3 Å². The zero-order valence-electron chi connectivity index (χ0n) is 14.5. The van der Waals surface area contributed by atoms with Gasteiger partial charge in [-0.1, -0.05) is 11.6 Å². The lowest BCUT2D eigenvalue weighted by atomic mass is 10.3. The van der Waals surface area contributed by atoms with Crippen molar-refractivity contribution in [2.24, 2.45) is 10.1 Å². The van der Waals surface area contributed by atoms with Crippen molar-refractivity contribution in [2.75, 3.05) is 26.5 Å². The second-order valence-electron chi connectivity index (χ2n) is 5.32. The number of amides is 3. The van der Waals surface area contributed by atoms with Crippen LogP contribution in [0.3, 0.4) is 0 Å². The molecule has 0 saturated heterocycles. The number of sulfonamides is 1. The van der Waals surface area contributed by atoms with Crippen LogP contribution in [0.1, 0.15) is 0 Å². The summed E-state index contributed by atoms with van der Waals surface area (Å²) in [4.78, 5) is 38.2. The van der Waals surface area contributed by atoms with Gasteiger partial charge in [0, 0.05) is 26.4 Å². The first kappa shape index (κ1) is 20.5. The average Bonchev–Trinajstić information content (AvgIpc) is 2.58. The number of aliphatic imine (C=N–C) groups is 1. The molecule has 1 aliphatic rings. The fraction of sp³-hybridized carbons (Fsp3) is 0.308. The Kier molecular flexibility index (Phi) is 5.98. The Morgan fingerprint density at radius 3 is 2.59 bits per heavy atom. The van der Waals surface area contributed by atoms with E-state index in [1.807, 2.05) is 0 Å². The number of nitrogens with one attached hydrogen (secondary N) is 1. The lowest BCUT2D eigenvalue weighted by molar-refractivity contribution is -0.114. The number of allylic oxidation sites excluding steroid dienone is 1. The van der Waals surface area contributed by atoms with Gasteiger partial charge in [0.2, 0.25) is 17.3 Å². The molecule has 1 aliphatic heterocycles. The first-order valence-corrected chi connectivity index (χ1v) is 9.19. The number of aromatic nitrogens is 2. The molecule has 1 aromatic rings. The number of nitrogens with zero attached hydrogens (tertiary/aromatic N) is 5. The summed E-state index contributed by atoms with van der Waals surface area (Å²) in [6.07, 6.45) is 2.21. The van der Waals surface area contributed by atoms with Crippen molar-refractivity contribution < 1.29 is 22.7 Å². The molecule has 0 aliphatic carbocycles. The molecule has 0 fully saturated rings. The number of primary sulfonamides is 1. The van der Waals surface area contributed by atoms with Gasteiger partial charge in [-0.05, 0) is 6.08 Å². The molecule has 3 N–H and O–H groups in total. The van der Waals surface area contributed by atoms with Crippen LogP contribution >= 0.6 is 11.6 Å². The third kappa shape index (κ3) is 4.69. The maximum Gasteiger partial charge on any atom is 0.326 e. The highest BCUT2D eigenvalue weighted by Crippen LogP contribution is 2.22. The van der Waals surface area contributed by atoms with Crippen LogP contribution in [-0.4, -0.2) is 73.0 Å². The van der Waals surface area contributed by atoms with Gasteiger partial charge in [-0.3, -0.25) is 20.0 Å². The Morgan fingerprint density at radius 2 is 2.04 bits per heavy atom. The summed E-state index contributed by atoms with van der Waals surface area (Å²) in [5.74, 6) is -1.00. The summed E-state index contributed by atoms with van der Waals surface area (Å²) in [6, 6.07) is 0.500. The molecule has 0 spiro atoms. The van der Waals surface area contributed by atoms with Gasteiger partial charge in [-0.2, -0.15) is 4.98 Å². The van der Waals surface area contributed by atoms with E-state index in [0.717, 1.165) is 17.2 Å². The minimum Gasteiger partial charge on any atom is -0.481 e. The maximum atomic E-state index is 12.6. The molecule has 146 valence electrons. The molecule has 1 unspecified atom stereocenters. The topological polar surface area (TPSA) is 160 Å². The lowest BCUT2D eigenvalue weighted by Crippen LogP contribution is -2.52. The highest BCUT2D eigenvalue weighted by molar-refractivity contribution is 7.89. The third-order valence-electron chi connectivity index (χ3n) is 3.15. The van der Waals surface area contributed by atoms with Crippen LogP contribution < -0.4 is 15.2 Å². The van der Waals surface area contributed by atoms with Crippen LogP contribution in [-0.2, 0) is 14.8 Å². The number of hydrogen-bond acceptors (Lipinski definition) is 8. The molecule has 2 rings (SSSR count). The highest BCUT2D eigenvalue weighted by atomic mass is 35.5. The number of ether oxygens (including phenoxy) is 1. The molecule has 3 amide bonds. The quantitative estimate of drug-likeness (QED) is 0.630. The third-order valence-corrected chi connectivity index (χ3v) is 4.26. The van der Waals surface area contributed by atoms with Crippen LogP contribution in [0.2, 0.25) is 5.15 Å². The molecule has 12 nitrogen and oxygen atoms in total. The van der Waals surface area contributed by atoms with E-state index in [-0.39, 0.29) is 22.7 Å². The molecule has 14 heteroatoms. The van der Waals surface area contributed by atoms with E-state index in [1.54, 1.807) is 0 Å². The number of anilines is 1. The molecule has 0 radical (unpaired) electrons. The van der Waals surface area contributed by atoms with Gasteiger partial charge < -0.3 is 9.64 Å². The zero-order chi connectivity index (χ0) is 20.4. The number of carbonyl (C=O) groups excluding carboxylic acids is 2. The predicted molar refractivity (Wildman–Crippen MR) is 96.6 cm³/mol. The molecule has 0 bridgehead atoms. The Hall–Kier alpha value is -2.77. The summed E-state index contributed by atoms with van der Waals surface area (Å²) in [5.41, 5.74) is -2.13. The monoisotopic (exact) mass is 417 g/mol. The Morgan fingerprint density at radius 1 is 1.37 bits per heavy atom. The smallest absolute Gasteiger partial charge is 0.326 e. The number of urea groups is 1. The highest BCUT2D eigenvalue weighted by Gasteiger charge is 2.39. The summed E-state index contributed by atoms with van der Waals surface area (Å²) in [6.45, 7) is 0. The van der Waals surface area contributed by atoms with Crippen molar-refractivity contribution in [3.63, 3.8) is 0 Å². The van der Waals surface area contributed by atoms with Crippen molar-refractivity contribution in [1.29, 1.82) is 0 Å². The molecule has 0 aromatic carbocycles. The molecule has 1 aromatic heterocycles. The first-order valence-electron chi connectivity index (χ1n) is 7.20. The molecule has 2 heterocycles. The number of nitrogens with two attached hydrogens (primary N) is 1. The van der Waals surface area contributed by atoms with Gasteiger partial charge in [-0.15, -0.1) is 0 Å². The maximum absolute atomic E-state index is 12.6. The molecular formula is C13H16ClN7O5S. The number of rotatable bonds is 4. The van der Waals surface area contributed by atoms with Gasteiger partial charge >= 0.3 is 6.03 Å². The van der Waals surface area contributed by atoms with E-state index in [2.05, 4.69) is 20.3 Å². The van der Waals surface area contributed by atoms with Crippen LogP contribution in [0.15, 0.2) is 22.8 Å². The number of carbonyl (C=O) groups is 2. The minimum atomic E-state index is -4.32. The van der Waals surface area contributed by atoms with Crippen molar-refractivity contribution in [1.82, 2.24) is 19.8 Å². The van der Waals surface area contributed by atoms with Crippen molar-refractivity contribution in [3.8, 4) is 5.88 Å². The standard InChI is InChI=1S/C13H16ClN7O5S/c1-20(2)13(23)21-7(4-5-16-12(21)27(15,24)25)10(22)19-11-17-8(14)6-9(18-11)26-3/h4-6,12H,1-3H3,(H2,15,24,25)(H,17,18,19,22). The number of methoxy groups -OCH3 is 1. The van der Waals surface area contributed by atoms with Crippen molar-refractivity contribution >= 4 is 45.7 Å². The SMILES string of the molecule is COc1cc(Cl)nc(NC(=O)C2=CC=NC(S(N)(=O)=O)N2C(=O)N(C)C)n1.